The normalized spacial score (nSPS) is 20.7. The number of H-pyrrole nitrogens is 1. The van der Waals surface area contributed by atoms with Crippen LogP contribution < -0.4 is 0 Å². The first-order chi connectivity index (χ1) is 12.5. The Kier molecular flexibility index (Phi) is 6.05. The van der Waals surface area contributed by atoms with E-state index in [0.717, 1.165) is 30.5 Å². The van der Waals surface area contributed by atoms with E-state index in [4.69, 9.17) is 4.74 Å². The summed E-state index contributed by atoms with van der Waals surface area (Å²) in [6.45, 7) is 1.95. The van der Waals surface area contributed by atoms with Crippen molar-refractivity contribution in [1.82, 2.24) is 29.8 Å². The van der Waals surface area contributed by atoms with Gasteiger partial charge in [0.2, 0.25) is 5.91 Å². The van der Waals surface area contributed by atoms with E-state index in [0.29, 0.717) is 19.6 Å². The van der Waals surface area contributed by atoms with Crippen LogP contribution in [-0.4, -0.2) is 75.6 Å². The molecule has 1 N–H and O–H groups in total. The van der Waals surface area contributed by atoms with Crippen molar-refractivity contribution in [3.8, 4) is 0 Å². The first kappa shape index (κ1) is 18.6. The van der Waals surface area contributed by atoms with Gasteiger partial charge in [-0.15, -0.1) is 0 Å². The van der Waals surface area contributed by atoms with Crippen LogP contribution in [0.3, 0.4) is 0 Å². The van der Waals surface area contributed by atoms with Crippen LogP contribution in [0.2, 0.25) is 0 Å². The maximum Gasteiger partial charge on any atom is 0.223 e. The summed E-state index contributed by atoms with van der Waals surface area (Å²) in [5.41, 5.74) is 2.16. The summed E-state index contributed by atoms with van der Waals surface area (Å²) in [5, 5.41) is 11.1. The second kappa shape index (κ2) is 8.46. The molecule has 0 unspecified atom stereocenters. The predicted octanol–water partition coefficient (Wildman–Crippen LogP) is 0.996. The van der Waals surface area contributed by atoms with Crippen molar-refractivity contribution in [1.29, 1.82) is 0 Å². The number of carbonyl (C=O) groups is 1. The number of hydrogen-bond donors (Lipinski definition) is 1. The van der Waals surface area contributed by atoms with Gasteiger partial charge in [-0.3, -0.25) is 14.6 Å². The lowest BCUT2D eigenvalue weighted by molar-refractivity contribution is -0.148. The van der Waals surface area contributed by atoms with Crippen molar-refractivity contribution in [3.05, 3.63) is 35.9 Å². The lowest BCUT2D eigenvalue weighted by atomic mass is 9.99. The van der Waals surface area contributed by atoms with Gasteiger partial charge in [0.15, 0.2) is 0 Å². The molecule has 0 spiro atoms. The van der Waals surface area contributed by atoms with Crippen LogP contribution in [0.25, 0.3) is 0 Å². The predicted molar refractivity (Wildman–Crippen MR) is 97.5 cm³/mol. The molecule has 2 aromatic heterocycles. The van der Waals surface area contributed by atoms with E-state index in [9.17, 15) is 4.79 Å². The zero-order valence-corrected chi connectivity index (χ0v) is 15.8. The Morgan fingerprint density at radius 1 is 1.42 bits per heavy atom. The quantitative estimate of drug-likeness (QED) is 0.797. The second-order valence-electron chi connectivity index (χ2n) is 7.11. The Balaban J connectivity index is 1.70. The van der Waals surface area contributed by atoms with Gasteiger partial charge in [-0.05, 0) is 32.5 Å². The number of ether oxygens (including phenoxy) is 1. The zero-order chi connectivity index (χ0) is 18.5. The van der Waals surface area contributed by atoms with E-state index in [-0.39, 0.29) is 18.1 Å². The highest BCUT2D eigenvalue weighted by Crippen LogP contribution is 2.30. The molecule has 8 heteroatoms. The third-order valence-corrected chi connectivity index (χ3v) is 4.69. The van der Waals surface area contributed by atoms with Crippen LogP contribution in [-0.2, 0) is 23.0 Å². The van der Waals surface area contributed by atoms with Crippen LogP contribution in [0, 0.1) is 0 Å². The minimum Gasteiger partial charge on any atom is -0.373 e. The Bertz CT molecular complexity index is 696. The van der Waals surface area contributed by atoms with Crippen molar-refractivity contribution in [2.75, 3.05) is 33.8 Å². The van der Waals surface area contributed by atoms with Gasteiger partial charge in [-0.25, -0.2) is 0 Å². The molecule has 3 heterocycles. The maximum absolute atomic E-state index is 13.0. The highest BCUT2D eigenvalue weighted by atomic mass is 16.5. The van der Waals surface area contributed by atoms with Crippen molar-refractivity contribution in [2.24, 2.45) is 7.05 Å². The van der Waals surface area contributed by atoms with E-state index in [1.807, 2.05) is 50.8 Å². The van der Waals surface area contributed by atoms with Gasteiger partial charge in [0.1, 0.15) is 0 Å². The summed E-state index contributed by atoms with van der Waals surface area (Å²) in [4.78, 5) is 17.0. The second-order valence-corrected chi connectivity index (χ2v) is 7.11. The van der Waals surface area contributed by atoms with Gasteiger partial charge in [0.25, 0.3) is 0 Å². The topological polar surface area (TPSA) is 79.3 Å². The molecule has 3 rings (SSSR count). The molecular weight excluding hydrogens is 332 g/mol. The smallest absolute Gasteiger partial charge is 0.223 e. The average molecular weight is 360 g/mol. The van der Waals surface area contributed by atoms with E-state index >= 15 is 0 Å². The molecule has 1 fully saturated rings. The Labute approximate surface area is 154 Å². The number of carbonyl (C=O) groups excluding carboxylic acids is 1. The van der Waals surface area contributed by atoms with Crippen molar-refractivity contribution in [3.63, 3.8) is 0 Å². The molecule has 2 aromatic rings. The summed E-state index contributed by atoms with van der Waals surface area (Å²) in [6, 6.07) is -0.0960. The molecule has 0 bridgehead atoms. The number of likely N-dealkylation sites (N-methyl/N-ethyl adjacent to an activating group) is 1. The third-order valence-electron chi connectivity index (χ3n) is 4.69. The van der Waals surface area contributed by atoms with Crippen LogP contribution in [0.5, 0.6) is 0 Å². The molecule has 1 amide bonds. The standard InChI is InChI=1S/C18H28N6O2/c1-22(2)13-16-18(15-11-21-23(3)12-15)24(7-8-26-16)17(25)6-4-5-14-9-19-20-10-14/h9-12,16,18H,4-8,13H2,1-3H3,(H,19,20)/t16-,18-/m0/s1. The van der Waals surface area contributed by atoms with Crippen molar-refractivity contribution < 1.29 is 9.53 Å². The van der Waals surface area contributed by atoms with Crippen LogP contribution in [0.4, 0.5) is 0 Å². The molecule has 1 aliphatic rings. The van der Waals surface area contributed by atoms with E-state index in [1.54, 1.807) is 4.68 Å². The number of amides is 1. The average Bonchev–Trinajstić information content (AvgIpc) is 3.25. The number of nitrogens with zero attached hydrogens (tertiary/aromatic N) is 5. The van der Waals surface area contributed by atoms with E-state index < -0.39 is 0 Å². The monoisotopic (exact) mass is 360 g/mol. The van der Waals surface area contributed by atoms with Gasteiger partial charge in [0, 0.05) is 44.5 Å². The summed E-state index contributed by atoms with van der Waals surface area (Å²) in [5.74, 6) is 0.175. The van der Waals surface area contributed by atoms with E-state index in [2.05, 4.69) is 20.2 Å². The third kappa shape index (κ3) is 4.50. The molecule has 2 atom stereocenters. The van der Waals surface area contributed by atoms with Crippen LogP contribution in [0.1, 0.15) is 30.0 Å². The van der Waals surface area contributed by atoms with Gasteiger partial charge >= 0.3 is 0 Å². The summed E-state index contributed by atoms with van der Waals surface area (Å²) in [7, 11) is 5.94. The molecular formula is C18H28N6O2. The molecule has 142 valence electrons. The Morgan fingerprint density at radius 3 is 2.92 bits per heavy atom. The number of morpholine rings is 1. The van der Waals surface area contributed by atoms with Gasteiger partial charge in [-0.1, -0.05) is 0 Å². The fourth-order valence-corrected chi connectivity index (χ4v) is 3.51. The summed E-state index contributed by atoms with van der Waals surface area (Å²) in [6.07, 6.45) is 9.65. The summed E-state index contributed by atoms with van der Waals surface area (Å²) < 4.78 is 7.80. The molecule has 0 aliphatic carbocycles. The molecule has 26 heavy (non-hydrogen) atoms. The van der Waals surface area contributed by atoms with Crippen molar-refractivity contribution >= 4 is 5.91 Å². The molecule has 8 nitrogen and oxygen atoms in total. The minimum absolute atomic E-state index is 0.0548. The maximum atomic E-state index is 13.0. The van der Waals surface area contributed by atoms with E-state index in [1.165, 1.54) is 0 Å². The van der Waals surface area contributed by atoms with Gasteiger partial charge < -0.3 is 14.5 Å². The lowest BCUT2D eigenvalue weighted by Crippen LogP contribution is -2.51. The number of aromatic nitrogens is 4. The number of aromatic amines is 1. The number of aryl methyl sites for hydroxylation is 2. The number of nitrogens with one attached hydrogen (secondary N) is 1. The molecule has 1 aliphatic heterocycles. The van der Waals surface area contributed by atoms with Crippen LogP contribution >= 0.6 is 0 Å². The van der Waals surface area contributed by atoms with Gasteiger partial charge in [-0.2, -0.15) is 10.2 Å². The molecule has 0 aromatic carbocycles. The largest absolute Gasteiger partial charge is 0.373 e. The summed E-state index contributed by atoms with van der Waals surface area (Å²) >= 11 is 0. The highest BCUT2D eigenvalue weighted by molar-refractivity contribution is 5.77. The molecule has 1 saturated heterocycles. The minimum atomic E-state index is -0.0960. The Morgan fingerprint density at radius 2 is 2.27 bits per heavy atom. The van der Waals surface area contributed by atoms with Crippen molar-refractivity contribution in [2.45, 2.75) is 31.4 Å². The SMILES string of the molecule is CN(C)C[C@@H]1OCCN(C(=O)CCCc2cn[nH]c2)[C@H]1c1cnn(C)c1. The first-order valence-electron chi connectivity index (χ1n) is 9.06. The lowest BCUT2D eigenvalue weighted by Gasteiger charge is -2.42. The molecule has 0 radical (unpaired) electrons. The Hall–Kier alpha value is -2.19. The van der Waals surface area contributed by atoms with Crippen LogP contribution in [0.15, 0.2) is 24.8 Å². The molecule has 0 saturated carbocycles. The van der Waals surface area contributed by atoms with Gasteiger partial charge in [0.05, 0.1) is 31.1 Å². The fourth-order valence-electron chi connectivity index (χ4n) is 3.51. The number of hydrogen-bond acceptors (Lipinski definition) is 5. The highest BCUT2D eigenvalue weighted by Gasteiger charge is 2.37. The number of rotatable bonds is 7. The fraction of sp³-hybridized carbons (Fsp3) is 0.611. The zero-order valence-electron chi connectivity index (χ0n) is 15.8. The first-order valence-corrected chi connectivity index (χ1v) is 9.06.